The Hall–Kier alpha value is -1.52. The lowest BCUT2D eigenvalue weighted by Crippen LogP contribution is -2.02. The molecule has 0 atom stereocenters. The van der Waals surface area contributed by atoms with Crippen LogP contribution in [0.1, 0.15) is 5.82 Å². The van der Waals surface area contributed by atoms with E-state index in [1.54, 1.807) is 7.11 Å². The van der Waals surface area contributed by atoms with E-state index in [1.165, 1.54) is 0 Å². The van der Waals surface area contributed by atoms with Crippen LogP contribution in [0.4, 0.5) is 0 Å². The van der Waals surface area contributed by atoms with Crippen LogP contribution in [-0.4, -0.2) is 16.7 Å². The molecule has 0 aliphatic rings. The molecule has 102 valence electrons. The number of fused-ring (bicyclic) bond motifs is 1. The Morgan fingerprint density at radius 1 is 1.25 bits per heavy atom. The molecule has 0 bridgehead atoms. The second kappa shape index (κ2) is 5.46. The van der Waals surface area contributed by atoms with Crippen molar-refractivity contribution in [2.75, 3.05) is 7.11 Å². The number of halogens is 2. The summed E-state index contributed by atoms with van der Waals surface area (Å²) >= 11 is 9.55. The maximum atomic E-state index is 6.05. The second-order valence-corrected chi connectivity index (χ2v) is 5.48. The van der Waals surface area contributed by atoms with Gasteiger partial charge in [-0.05, 0) is 30.3 Å². The molecule has 0 N–H and O–H groups in total. The van der Waals surface area contributed by atoms with Crippen molar-refractivity contribution < 1.29 is 4.74 Å². The fraction of sp³-hybridized carbons (Fsp3) is 0.133. The fourth-order valence-electron chi connectivity index (χ4n) is 2.27. The summed E-state index contributed by atoms with van der Waals surface area (Å²) in [6, 6.07) is 13.8. The van der Waals surface area contributed by atoms with Crippen LogP contribution in [0.2, 0.25) is 0 Å². The van der Waals surface area contributed by atoms with E-state index in [1.807, 2.05) is 47.0 Å². The first-order valence-electron chi connectivity index (χ1n) is 6.11. The number of imidazole rings is 1. The minimum atomic E-state index is 0.338. The van der Waals surface area contributed by atoms with Crippen LogP contribution in [-0.2, 0) is 5.88 Å². The zero-order chi connectivity index (χ0) is 14.1. The summed E-state index contributed by atoms with van der Waals surface area (Å²) in [6.45, 7) is 0. The van der Waals surface area contributed by atoms with Crippen molar-refractivity contribution in [2.24, 2.45) is 0 Å². The van der Waals surface area contributed by atoms with Gasteiger partial charge in [0.2, 0.25) is 0 Å². The molecule has 0 unspecified atom stereocenters. The normalized spacial score (nSPS) is 10.9. The Morgan fingerprint density at radius 3 is 2.80 bits per heavy atom. The Labute approximate surface area is 130 Å². The van der Waals surface area contributed by atoms with Gasteiger partial charge in [-0.15, -0.1) is 11.6 Å². The second-order valence-electron chi connectivity index (χ2n) is 4.30. The van der Waals surface area contributed by atoms with E-state index in [0.717, 1.165) is 32.8 Å². The Kier molecular flexibility index (Phi) is 3.68. The van der Waals surface area contributed by atoms with Crippen molar-refractivity contribution >= 4 is 38.6 Å². The van der Waals surface area contributed by atoms with Crippen LogP contribution in [0.3, 0.4) is 0 Å². The van der Waals surface area contributed by atoms with Crippen LogP contribution >= 0.6 is 27.5 Å². The number of hydrogen-bond acceptors (Lipinski definition) is 2. The first kappa shape index (κ1) is 13.5. The van der Waals surface area contributed by atoms with Gasteiger partial charge < -0.3 is 4.74 Å². The summed E-state index contributed by atoms with van der Waals surface area (Å²) in [7, 11) is 1.66. The lowest BCUT2D eigenvalue weighted by molar-refractivity contribution is 0.413. The third-order valence-corrected chi connectivity index (χ3v) is 3.86. The zero-order valence-corrected chi connectivity index (χ0v) is 13.1. The molecule has 0 fully saturated rings. The van der Waals surface area contributed by atoms with E-state index in [-0.39, 0.29) is 0 Å². The number of alkyl halides is 1. The number of para-hydroxylation sites is 2. The highest BCUT2D eigenvalue weighted by molar-refractivity contribution is 9.10. The Bertz CT molecular complexity index is 770. The molecule has 0 radical (unpaired) electrons. The van der Waals surface area contributed by atoms with Gasteiger partial charge in [-0.3, -0.25) is 4.57 Å². The number of ether oxygens (including phenoxy) is 1. The number of nitrogens with zero attached hydrogens (tertiary/aromatic N) is 2. The number of hydrogen-bond donors (Lipinski definition) is 0. The molecule has 0 amide bonds. The number of methoxy groups -OCH3 is 1. The summed E-state index contributed by atoms with van der Waals surface area (Å²) in [6.07, 6.45) is 0. The Balaban J connectivity index is 2.36. The molecule has 3 aromatic rings. The van der Waals surface area contributed by atoms with Gasteiger partial charge in [0, 0.05) is 4.47 Å². The van der Waals surface area contributed by atoms with Gasteiger partial charge in [-0.1, -0.05) is 28.1 Å². The smallest absolute Gasteiger partial charge is 0.142 e. The molecule has 20 heavy (non-hydrogen) atoms. The minimum absolute atomic E-state index is 0.338. The SMILES string of the molecule is COc1ccc(Br)cc1-n1c(CCl)nc2ccccc21. The van der Waals surface area contributed by atoms with Gasteiger partial charge in [-0.25, -0.2) is 4.98 Å². The molecule has 1 aromatic heterocycles. The van der Waals surface area contributed by atoms with Gasteiger partial charge in [0.25, 0.3) is 0 Å². The van der Waals surface area contributed by atoms with Crippen molar-refractivity contribution in [3.8, 4) is 11.4 Å². The Morgan fingerprint density at radius 2 is 2.05 bits per heavy atom. The highest BCUT2D eigenvalue weighted by Gasteiger charge is 2.15. The molecule has 5 heteroatoms. The van der Waals surface area contributed by atoms with Crippen LogP contribution < -0.4 is 4.74 Å². The molecule has 0 aliphatic heterocycles. The van der Waals surface area contributed by atoms with Gasteiger partial charge in [0.1, 0.15) is 11.6 Å². The van der Waals surface area contributed by atoms with E-state index in [2.05, 4.69) is 20.9 Å². The van der Waals surface area contributed by atoms with Crippen molar-refractivity contribution in [3.63, 3.8) is 0 Å². The first-order valence-corrected chi connectivity index (χ1v) is 7.43. The summed E-state index contributed by atoms with van der Waals surface area (Å²) in [5, 5.41) is 0. The predicted molar refractivity (Wildman–Crippen MR) is 84.9 cm³/mol. The summed E-state index contributed by atoms with van der Waals surface area (Å²) in [4.78, 5) is 4.57. The molecular weight excluding hydrogens is 340 g/mol. The maximum Gasteiger partial charge on any atom is 0.142 e. The molecule has 0 saturated heterocycles. The van der Waals surface area contributed by atoms with E-state index >= 15 is 0 Å². The quantitative estimate of drug-likeness (QED) is 0.648. The van der Waals surface area contributed by atoms with Crippen molar-refractivity contribution in [1.82, 2.24) is 9.55 Å². The maximum absolute atomic E-state index is 6.05. The van der Waals surface area contributed by atoms with Crippen LogP contribution in [0.15, 0.2) is 46.9 Å². The van der Waals surface area contributed by atoms with Gasteiger partial charge in [0.15, 0.2) is 0 Å². The largest absolute Gasteiger partial charge is 0.495 e. The van der Waals surface area contributed by atoms with Gasteiger partial charge in [-0.2, -0.15) is 0 Å². The lowest BCUT2D eigenvalue weighted by atomic mass is 10.2. The highest BCUT2D eigenvalue weighted by atomic mass is 79.9. The van der Waals surface area contributed by atoms with Gasteiger partial charge in [0.05, 0.1) is 29.7 Å². The predicted octanol–water partition coefficient (Wildman–Crippen LogP) is 4.54. The van der Waals surface area contributed by atoms with Crippen LogP contribution in [0.5, 0.6) is 5.75 Å². The minimum Gasteiger partial charge on any atom is -0.495 e. The average molecular weight is 352 g/mol. The van der Waals surface area contributed by atoms with E-state index in [9.17, 15) is 0 Å². The van der Waals surface area contributed by atoms with E-state index in [4.69, 9.17) is 16.3 Å². The summed E-state index contributed by atoms with van der Waals surface area (Å²) in [5.74, 6) is 1.91. The standard InChI is InChI=1S/C15H12BrClN2O/c1-20-14-7-6-10(16)8-13(14)19-12-5-3-2-4-11(12)18-15(19)9-17/h2-8H,9H2,1H3. The summed E-state index contributed by atoms with van der Waals surface area (Å²) in [5.41, 5.74) is 2.86. The molecular formula is C15H12BrClN2O. The van der Waals surface area contributed by atoms with E-state index in [0.29, 0.717) is 5.88 Å². The fourth-order valence-corrected chi connectivity index (χ4v) is 2.80. The number of aromatic nitrogens is 2. The molecule has 2 aromatic carbocycles. The van der Waals surface area contributed by atoms with Crippen molar-refractivity contribution in [1.29, 1.82) is 0 Å². The number of benzene rings is 2. The zero-order valence-electron chi connectivity index (χ0n) is 10.8. The molecule has 3 nitrogen and oxygen atoms in total. The van der Waals surface area contributed by atoms with Crippen LogP contribution in [0, 0.1) is 0 Å². The lowest BCUT2D eigenvalue weighted by Gasteiger charge is -2.13. The summed E-state index contributed by atoms with van der Waals surface area (Å²) < 4.78 is 8.47. The molecule has 3 rings (SSSR count). The van der Waals surface area contributed by atoms with Crippen molar-refractivity contribution in [2.45, 2.75) is 5.88 Å². The average Bonchev–Trinajstić information content (AvgIpc) is 2.85. The topological polar surface area (TPSA) is 27.1 Å². The third kappa shape index (κ3) is 2.19. The number of rotatable bonds is 3. The first-order chi connectivity index (χ1) is 9.74. The van der Waals surface area contributed by atoms with Crippen LogP contribution in [0.25, 0.3) is 16.7 Å². The van der Waals surface area contributed by atoms with Crippen molar-refractivity contribution in [3.05, 3.63) is 52.8 Å². The van der Waals surface area contributed by atoms with E-state index < -0.39 is 0 Å². The van der Waals surface area contributed by atoms with Gasteiger partial charge >= 0.3 is 0 Å². The molecule has 0 saturated carbocycles. The highest BCUT2D eigenvalue weighted by Crippen LogP contribution is 2.31. The molecule has 0 spiro atoms. The molecule has 1 heterocycles. The molecule has 0 aliphatic carbocycles. The third-order valence-electron chi connectivity index (χ3n) is 3.13. The monoisotopic (exact) mass is 350 g/mol.